The Bertz CT molecular complexity index is 431. The summed E-state index contributed by atoms with van der Waals surface area (Å²) >= 11 is 0. The van der Waals surface area contributed by atoms with Crippen LogP contribution in [0.5, 0.6) is 0 Å². The molecular formula is C9H9N3O2. The number of rotatable bonds is 3. The average molecular weight is 191 g/mol. The Labute approximate surface area is 80.3 Å². The first-order valence-corrected chi connectivity index (χ1v) is 4.19. The van der Waals surface area contributed by atoms with Gasteiger partial charge in [0, 0.05) is 6.92 Å². The zero-order chi connectivity index (χ0) is 9.97. The molecule has 0 unspecified atom stereocenters. The molecule has 0 aliphatic heterocycles. The molecule has 0 saturated carbocycles. The Kier molecular flexibility index (Phi) is 2.14. The van der Waals surface area contributed by atoms with Gasteiger partial charge in [0.2, 0.25) is 0 Å². The molecule has 0 fully saturated rings. The van der Waals surface area contributed by atoms with E-state index in [0.29, 0.717) is 12.2 Å². The largest absolute Gasteiger partial charge is 0.467 e. The summed E-state index contributed by atoms with van der Waals surface area (Å²) in [6, 6.07) is 3.65. The molecule has 5 nitrogen and oxygen atoms in total. The van der Waals surface area contributed by atoms with Crippen molar-refractivity contribution in [1.29, 1.82) is 0 Å². The second kappa shape index (κ2) is 3.45. The van der Waals surface area contributed by atoms with Crippen LogP contribution in [0.1, 0.15) is 23.2 Å². The van der Waals surface area contributed by atoms with E-state index in [4.69, 9.17) is 4.42 Å². The fourth-order valence-electron chi connectivity index (χ4n) is 1.10. The highest BCUT2D eigenvalue weighted by molar-refractivity contribution is 5.91. The topological polar surface area (TPSA) is 60.9 Å². The van der Waals surface area contributed by atoms with Gasteiger partial charge in [-0.15, -0.1) is 5.10 Å². The Morgan fingerprint density at radius 3 is 3.07 bits per heavy atom. The molecule has 0 saturated heterocycles. The smallest absolute Gasteiger partial charge is 0.181 e. The van der Waals surface area contributed by atoms with Crippen LogP contribution in [-0.4, -0.2) is 20.8 Å². The van der Waals surface area contributed by atoms with Gasteiger partial charge >= 0.3 is 0 Å². The summed E-state index contributed by atoms with van der Waals surface area (Å²) in [5.74, 6) is 0.695. The molecule has 0 spiro atoms. The van der Waals surface area contributed by atoms with Gasteiger partial charge in [-0.25, -0.2) is 4.68 Å². The zero-order valence-corrected chi connectivity index (χ0v) is 7.67. The number of hydrogen-bond acceptors (Lipinski definition) is 4. The Balaban J connectivity index is 2.14. The summed E-state index contributed by atoms with van der Waals surface area (Å²) in [5, 5.41) is 7.52. The normalized spacial score (nSPS) is 10.4. The van der Waals surface area contributed by atoms with Gasteiger partial charge in [-0.2, -0.15) is 0 Å². The molecule has 2 aromatic rings. The number of ketones is 1. The van der Waals surface area contributed by atoms with Crippen LogP contribution in [0.3, 0.4) is 0 Å². The van der Waals surface area contributed by atoms with Gasteiger partial charge in [0.25, 0.3) is 0 Å². The average Bonchev–Trinajstić information content (AvgIpc) is 2.75. The molecule has 72 valence electrons. The van der Waals surface area contributed by atoms with Crippen molar-refractivity contribution in [3.05, 3.63) is 36.0 Å². The molecule has 2 aromatic heterocycles. The van der Waals surface area contributed by atoms with Gasteiger partial charge in [-0.1, -0.05) is 5.21 Å². The highest BCUT2D eigenvalue weighted by Gasteiger charge is 2.05. The summed E-state index contributed by atoms with van der Waals surface area (Å²) in [6.45, 7) is 1.95. The van der Waals surface area contributed by atoms with Crippen molar-refractivity contribution in [1.82, 2.24) is 15.0 Å². The second-order valence-electron chi connectivity index (χ2n) is 2.94. The highest BCUT2D eigenvalue weighted by Crippen LogP contribution is 2.03. The van der Waals surface area contributed by atoms with E-state index in [1.54, 1.807) is 23.2 Å². The minimum atomic E-state index is -0.0873. The van der Waals surface area contributed by atoms with Gasteiger partial charge in [0.05, 0.1) is 12.5 Å². The van der Waals surface area contributed by atoms with Crippen LogP contribution >= 0.6 is 0 Å². The van der Waals surface area contributed by atoms with E-state index in [0.717, 1.165) is 5.76 Å². The van der Waals surface area contributed by atoms with Gasteiger partial charge in [-0.3, -0.25) is 4.79 Å². The number of carbonyl (C=O) groups is 1. The quantitative estimate of drug-likeness (QED) is 0.682. The molecule has 0 atom stereocenters. The lowest BCUT2D eigenvalue weighted by Crippen LogP contribution is -1.98. The fourth-order valence-corrected chi connectivity index (χ4v) is 1.10. The zero-order valence-electron chi connectivity index (χ0n) is 7.67. The summed E-state index contributed by atoms with van der Waals surface area (Å²) in [5.41, 5.74) is 0.372. The van der Waals surface area contributed by atoms with Crippen molar-refractivity contribution in [2.75, 3.05) is 0 Å². The summed E-state index contributed by atoms with van der Waals surface area (Å²) in [7, 11) is 0. The minimum Gasteiger partial charge on any atom is -0.467 e. The highest BCUT2D eigenvalue weighted by atomic mass is 16.3. The summed E-state index contributed by atoms with van der Waals surface area (Å²) in [4.78, 5) is 10.9. The van der Waals surface area contributed by atoms with Crippen LogP contribution in [-0.2, 0) is 6.54 Å². The van der Waals surface area contributed by atoms with Crippen molar-refractivity contribution in [2.24, 2.45) is 0 Å². The van der Waals surface area contributed by atoms with Crippen molar-refractivity contribution < 1.29 is 9.21 Å². The third kappa shape index (κ3) is 1.71. The lowest BCUT2D eigenvalue weighted by atomic mass is 10.3. The fraction of sp³-hybridized carbons (Fsp3) is 0.222. The number of nitrogens with zero attached hydrogens (tertiary/aromatic N) is 3. The van der Waals surface area contributed by atoms with Crippen molar-refractivity contribution >= 4 is 5.78 Å². The van der Waals surface area contributed by atoms with Crippen molar-refractivity contribution in [2.45, 2.75) is 13.5 Å². The predicted molar refractivity (Wildman–Crippen MR) is 47.8 cm³/mol. The molecular weight excluding hydrogens is 182 g/mol. The lowest BCUT2D eigenvalue weighted by molar-refractivity contribution is 0.101. The third-order valence-corrected chi connectivity index (χ3v) is 1.80. The van der Waals surface area contributed by atoms with Gasteiger partial charge in [0.15, 0.2) is 5.78 Å². The summed E-state index contributed by atoms with van der Waals surface area (Å²) in [6.07, 6.45) is 3.20. The van der Waals surface area contributed by atoms with Crippen LogP contribution in [0, 0.1) is 0 Å². The second-order valence-corrected chi connectivity index (χ2v) is 2.94. The predicted octanol–water partition coefficient (Wildman–Crippen LogP) is 1.12. The molecule has 14 heavy (non-hydrogen) atoms. The van der Waals surface area contributed by atoms with E-state index < -0.39 is 0 Å². The maximum absolute atomic E-state index is 10.9. The standard InChI is InChI=1S/C9H9N3O2/c1-7(13)9-6-12(11-10-9)5-8-3-2-4-14-8/h2-4,6H,5H2,1H3. The number of hydrogen-bond donors (Lipinski definition) is 0. The first-order chi connectivity index (χ1) is 6.75. The van der Waals surface area contributed by atoms with E-state index >= 15 is 0 Å². The molecule has 0 radical (unpaired) electrons. The van der Waals surface area contributed by atoms with Crippen molar-refractivity contribution in [3.8, 4) is 0 Å². The van der Waals surface area contributed by atoms with Crippen LogP contribution in [0.15, 0.2) is 29.0 Å². The molecule has 2 rings (SSSR count). The molecule has 0 aromatic carbocycles. The van der Waals surface area contributed by atoms with E-state index in [1.807, 2.05) is 6.07 Å². The molecule has 2 heterocycles. The molecule has 0 N–H and O–H groups in total. The van der Waals surface area contributed by atoms with Gasteiger partial charge in [0.1, 0.15) is 18.0 Å². The Hall–Kier alpha value is -1.91. The minimum absolute atomic E-state index is 0.0873. The van der Waals surface area contributed by atoms with Crippen LogP contribution in [0.2, 0.25) is 0 Å². The summed E-state index contributed by atoms with van der Waals surface area (Å²) < 4.78 is 6.70. The molecule has 0 amide bonds. The lowest BCUT2D eigenvalue weighted by Gasteiger charge is -1.93. The number of furan rings is 1. The van der Waals surface area contributed by atoms with E-state index in [2.05, 4.69) is 10.3 Å². The van der Waals surface area contributed by atoms with E-state index in [1.165, 1.54) is 6.92 Å². The van der Waals surface area contributed by atoms with Gasteiger partial charge < -0.3 is 4.42 Å². The number of aromatic nitrogens is 3. The first kappa shape index (κ1) is 8.68. The van der Waals surface area contributed by atoms with E-state index in [-0.39, 0.29) is 5.78 Å². The van der Waals surface area contributed by atoms with E-state index in [9.17, 15) is 4.79 Å². The molecule has 0 aliphatic rings. The molecule has 0 aliphatic carbocycles. The molecule has 0 bridgehead atoms. The maximum atomic E-state index is 10.9. The van der Waals surface area contributed by atoms with Crippen LogP contribution in [0.25, 0.3) is 0 Å². The Morgan fingerprint density at radius 1 is 1.64 bits per heavy atom. The monoisotopic (exact) mass is 191 g/mol. The van der Waals surface area contributed by atoms with Gasteiger partial charge in [-0.05, 0) is 12.1 Å². The first-order valence-electron chi connectivity index (χ1n) is 4.19. The SMILES string of the molecule is CC(=O)c1cn(Cc2ccco2)nn1. The maximum Gasteiger partial charge on any atom is 0.181 e. The Morgan fingerprint density at radius 2 is 2.50 bits per heavy atom. The third-order valence-electron chi connectivity index (χ3n) is 1.80. The van der Waals surface area contributed by atoms with Crippen LogP contribution < -0.4 is 0 Å². The van der Waals surface area contributed by atoms with Crippen LogP contribution in [0.4, 0.5) is 0 Å². The van der Waals surface area contributed by atoms with Crippen molar-refractivity contribution in [3.63, 3.8) is 0 Å². The molecule has 5 heteroatoms. The number of Topliss-reactive ketones (excluding diaryl/α,β-unsaturated/α-hetero) is 1. The number of carbonyl (C=O) groups excluding carboxylic acids is 1.